The second-order valence-electron chi connectivity index (χ2n) is 5.41. The molecule has 0 radical (unpaired) electrons. The highest BCUT2D eigenvalue weighted by molar-refractivity contribution is 6.13. The average Bonchev–Trinajstić information content (AvgIpc) is 2.52. The second kappa shape index (κ2) is 4.77. The lowest BCUT2D eigenvalue weighted by Crippen LogP contribution is -2.44. The quantitative estimate of drug-likeness (QED) is 0.419. The fourth-order valence-corrected chi connectivity index (χ4v) is 3.06. The molecule has 2 heterocycles. The summed E-state index contributed by atoms with van der Waals surface area (Å²) in [6, 6.07) is 9.65. The maximum Gasteiger partial charge on any atom is 0.417 e. The number of fused-ring (bicyclic) bond motifs is 4. The first kappa shape index (κ1) is 14.6. The normalized spacial score (nSPS) is 19.0. The van der Waals surface area contributed by atoms with Crippen LogP contribution >= 0.6 is 0 Å². The van der Waals surface area contributed by atoms with Crippen LogP contribution in [0.15, 0.2) is 47.5 Å². The maximum absolute atomic E-state index is 13.4. The van der Waals surface area contributed by atoms with E-state index in [1.165, 1.54) is 12.1 Å². The van der Waals surface area contributed by atoms with Gasteiger partial charge in [-0.05, 0) is 23.8 Å². The summed E-state index contributed by atoms with van der Waals surface area (Å²) < 4.78 is 45.3. The van der Waals surface area contributed by atoms with Crippen LogP contribution in [0.25, 0.3) is 5.57 Å². The number of halogens is 3. The molecule has 0 aromatic heterocycles. The van der Waals surface area contributed by atoms with E-state index in [4.69, 9.17) is 4.74 Å². The van der Waals surface area contributed by atoms with E-state index < -0.39 is 29.5 Å². The highest BCUT2D eigenvalue weighted by Crippen LogP contribution is 2.44. The number of para-hydroxylation sites is 1. The molecule has 1 atom stereocenters. The Morgan fingerprint density at radius 2 is 1.75 bits per heavy atom. The molecule has 0 saturated carbocycles. The van der Waals surface area contributed by atoms with Gasteiger partial charge in [0.25, 0.3) is 5.91 Å². The zero-order chi connectivity index (χ0) is 17.1. The standard InChI is InChI=1S/C17H8F3NO3/c18-17(19,20)9-5-3-7-11-13(9)12-8-4-1-2-6-10(8)21-15(22)14(12)16(23)24-11/h1-7,14H. The van der Waals surface area contributed by atoms with Crippen LogP contribution < -0.4 is 15.3 Å². The first-order valence-electron chi connectivity index (χ1n) is 7.02. The molecule has 2 aromatic carbocycles. The molecule has 1 amide bonds. The Bertz CT molecular complexity index is 1020. The molecule has 0 aliphatic carbocycles. The van der Waals surface area contributed by atoms with Crippen molar-refractivity contribution in [1.29, 1.82) is 0 Å². The van der Waals surface area contributed by atoms with Crippen LogP contribution in [0.5, 0.6) is 5.75 Å². The number of ether oxygens (including phenoxy) is 1. The molecule has 0 fully saturated rings. The first-order chi connectivity index (χ1) is 11.4. The summed E-state index contributed by atoms with van der Waals surface area (Å²) in [5.41, 5.74) is -1.22. The van der Waals surface area contributed by atoms with Crippen molar-refractivity contribution in [3.8, 4) is 5.75 Å². The van der Waals surface area contributed by atoms with Gasteiger partial charge < -0.3 is 4.74 Å². The SMILES string of the molecule is O=C1N=c2ccccc2=C2c3c(cccc3C(F)(F)F)OC(=O)C12. The van der Waals surface area contributed by atoms with E-state index in [1.54, 1.807) is 18.2 Å². The molecule has 0 spiro atoms. The molecular weight excluding hydrogens is 323 g/mol. The molecule has 4 rings (SSSR count). The summed E-state index contributed by atoms with van der Waals surface area (Å²) in [6.45, 7) is 0. The third-order valence-electron chi connectivity index (χ3n) is 4.01. The minimum Gasteiger partial charge on any atom is -0.425 e. The Hall–Kier alpha value is -2.96. The third-order valence-corrected chi connectivity index (χ3v) is 4.01. The fraction of sp³-hybridized carbons (Fsp3) is 0.118. The van der Waals surface area contributed by atoms with Crippen LogP contribution in [-0.2, 0) is 15.8 Å². The Morgan fingerprint density at radius 1 is 1.00 bits per heavy atom. The van der Waals surface area contributed by atoms with E-state index in [-0.39, 0.29) is 22.2 Å². The summed E-state index contributed by atoms with van der Waals surface area (Å²) in [5.74, 6) is -3.42. The number of carbonyl (C=O) groups excluding carboxylic acids is 2. The Balaban J connectivity index is 2.21. The summed E-state index contributed by atoms with van der Waals surface area (Å²) in [7, 11) is 0. The van der Waals surface area contributed by atoms with Gasteiger partial charge in [0, 0.05) is 10.8 Å². The van der Waals surface area contributed by atoms with E-state index in [0.29, 0.717) is 5.22 Å². The lowest BCUT2D eigenvalue weighted by molar-refractivity contribution is -0.144. The van der Waals surface area contributed by atoms with E-state index in [2.05, 4.69) is 4.99 Å². The molecule has 7 heteroatoms. The highest BCUT2D eigenvalue weighted by Gasteiger charge is 2.45. The average molecular weight is 331 g/mol. The largest absolute Gasteiger partial charge is 0.425 e. The fourth-order valence-electron chi connectivity index (χ4n) is 3.06. The van der Waals surface area contributed by atoms with Crippen molar-refractivity contribution in [2.75, 3.05) is 0 Å². The molecule has 0 N–H and O–H groups in total. The Morgan fingerprint density at radius 3 is 2.50 bits per heavy atom. The van der Waals surface area contributed by atoms with E-state index >= 15 is 0 Å². The zero-order valence-electron chi connectivity index (χ0n) is 11.9. The minimum absolute atomic E-state index is 0.00442. The Kier molecular flexibility index (Phi) is 2.90. The molecule has 24 heavy (non-hydrogen) atoms. The number of rotatable bonds is 0. The zero-order valence-corrected chi connectivity index (χ0v) is 11.9. The summed E-state index contributed by atoms with van der Waals surface area (Å²) in [4.78, 5) is 28.2. The number of esters is 1. The first-order valence-corrected chi connectivity index (χ1v) is 7.02. The summed E-state index contributed by atoms with van der Waals surface area (Å²) in [5, 5.41) is 0.572. The number of alkyl halides is 3. The van der Waals surface area contributed by atoms with Crippen molar-refractivity contribution < 1.29 is 27.5 Å². The van der Waals surface area contributed by atoms with Crippen LogP contribution in [-0.4, -0.2) is 11.9 Å². The van der Waals surface area contributed by atoms with E-state index in [9.17, 15) is 22.8 Å². The molecule has 2 aliphatic heterocycles. The number of benzene rings is 2. The van der Waals surface area contributed by atoms with Crippen LogP contribution in [0, 0.1) is 5.92 Å². The van der Waals surface area contributed by atoms with Gasteiger partial charge >= 0.3 is 12.1 Å². The van der Waals surface area contributed by atoms with E-state index in [0.717, 1.165) is 12.1 Å². The topological polar surface area (TPSA) is 55.7 Å². The number of hydrogen-bond donors (Lipinski definition) is 0. The predicted octanol–water partition coefficient (Wildman–Crippen LogP) is 1.60. The van der Waals surface area contributed by atoms with Gasteiger partial charge in [0.05, 0.1) is 10.9 Å². The molecule has 2 aliphatic rings. The third kappa shape index (κ3) is 1.97. The van der Waals surface area contributed by atoms with E-state index in [1.807, 2.05) is 0 Å². The molecular formula is C17H8F3NO3. The second-order valence-corrected chi connectivity index (χ2v) is 5.41. The Labute approximate surface area is 132 Å². The summed E-state index contributed by atoms with van der Waals surface area (Å²) in [6.07, 6.45) is -4.65. The van der Waals surface area contributed by atoms with Crippen molar-refractivity contribution in [3.63, 3.8) is 0 Å². The van der Waals surface area contributed by atoms with Crippen molar-refractivity contribution in [3.05, 3.63) is 64.2 Å². The molecule has 120 valence electrons. The summed E-state index contributed by atoms with van der Waals surface area (Å²) >= 11 is 0. The monoisotopic (exact) mass is 331 g/mol. The highest BCUT2D eigenvalue weighted by atomic mass is 19.4. The van der Waals surface area contributed by atoms with Crippen LogP contribution in [0.1, 0.15) is 11.1 Å². The van der Waals surface area contributed by atoms with Gasteiger partial charge in [0.1, 0.15) is 5.75 Å². The molecule has 1 unspecified atom stereocenters. The molecule has 0 bridgehead atoms. The van der Waals surface area contributed by atoms with Crippen molar-refractivity contribution in [2.45, 2.75) is 6.18 Å². The van der Waals surface area contributed by atoms with Crippen LogP contribution in [0.4, 0.5) is 13.2 Å². The van der Waals surface area contributed by atoms with Gasteiger partial charge in [0.15, 0.2) is 5.92 Å². The number of hydrogen-bond acceptors (Lipinski definition) is 3. The van der Waals surface area contributed by atoms with Crippen LogP contribution in [0.3, 0.4) is 0 Å². The van der Waals surface area contributed by atoms with Gasteiger partial charge in [0.2, 0.25) is 0 Å². The van der Waals surface area contributed by atoms with Gasteiger partial charge in [-0.1, -0.05) is 24.3 Å². The van der Waals surface area contributed by atoms with Gasteiger partial charge in [-0.15, -0.1) is 0 Å². The van der Waals surface area contributed by atoms with Gasteiger partial charge in [-0.3, -0.25) is 9.59 Å². The minimum atomic E-state index is -4.65. The van der Waals surface area contributed by atoms with Gasteiger partial charge in [-0.25, -0.2) is 4.99 Å². The van der Waals surface area contributed by atoms with Crippen molar-refractivity contribution in [1.82, 2.24) is 0 Å². The number of carbonyl (C=O) groups is 2. The number of amides is 1. The molecule has 0 saturated heterocycles. The lowest BCUT2D eigenvalue weighted by atomic mass is 9.83. The maximum atomic E-state index is 13.4. The lowest BCUT2D eigenvalue weighted by Gasteiger charge is -2.28. The smallest absolute Gasteiger partial charge is 0.417 e. The number of nitrogens with zero attached hydrogens (tertiary/aromatic N) is 1. The van der Waals surface area contributed by atoms with Crippen LogP contribution in [0.2, 0.25) is 0 Å². The van der Waals surface area contributed by atoms with Crippen molar-refractivity contribution >= 4 is 17.4 Å². The van der Waals surface area contributed by atoms with Gasteiger partial charge in [-0.2, -0.15) is 13.2 Å². The molecule has 4 nitrogen and oxygen atoms in total. The predicted molar refractivity (Wildman–Crippen MR) is 75.3 cm³/mol. The molecule has 2 aromatic rings. The van der Waals surface area contributed by atoms with Crippen molar-refractivity contribution in [2.24, 2.45) is 10.9 Å².